The summed E-state index contributed by atoms with van der Waals surface area (Å²) >= 11 is 6.11. The van der Waals surface area contributed by atoms with Crippen molar-refractivity contribution in [2.75, 3.05) is 0 Å². The highest BCUT2D eigenvalue weighted by atomic mass is 35.5. The van der Waals surface area contributed by atoms with Gasteiger partial charge in [0.05, 0.1) is 16.8 Å². The van der Waals surface area contributed by atoms with Crippen molar-refractivity contribution in [3.05, 3.63) is 100 Å². The van der Waals surface area contributed by atoms with Gasteiger partial charge in [0, 0.05) is 40.5 Å². The van der Waals surface area contributed by atoms with Gasteiger partial charge >= 0.3 is 0 Å². The quantitative estimate of drug-likeness (QED) is 0.362. The van der Waals surface area contributed by atoms with E-state index in [0.29, 0.717) is 27.8 Å². The van der Waals surface area contributed by atoms with Gasteiger partial charge < -0.3 is 4.42 Å². The van der Waals surface area contributed by atoms with Gasteiger partial charge in [0.15, 0.2) is 27.3 Å². The summed E-state index contributed by atoms with van der Waals surface area (Å²) in [5, 5.41) is 0.348. The van der Waals surface area contributed by atoms with Crippen LogP contribution in [0.2, 0.25) is 5.02 Å². The van der Waals surface area contributed by atoms with E-state index in [9.17, 15) is 13.2 Å². The minimum absolute atomic E-state index is 0.142. The van der Waals surface area contributed by atoms with E-state index in [1.807, 2.05) is 6.92 Å². The number of carbonyl (C=O) groups excluding carboxylic acids is 1. The molecule has 6 nitrogen and oxygen atoms in total. The Morgan fingerprint density at radius 3 is 2.34 bits per heavy atom. The molecule has 0 aliphatic heterocycles. The molecule has 0 radical (unpaired) electrons. The number of rotatable bonds is 6. The Bertz CT molecular complexity index is 1390. The lowest BCUT2D eigenvalue weighted by Crippen LogP contribution is -2.11. The molecule has 0 aliphatic carbocycles. The first-order chi connectivity index (χ1) is 15.2. The second-order valence-corrected chi connectivity index (χ2v) is 9.77. The van der Waals surface area contributed by atoms with Crippen LogP contribution < -0.4 is 0 Å². The highest BCUT2D eigenvalue weighted by Gasteiger charge is 2.22. The van der Waals surface area contributed by atoms with Gasteiger partial charge in [-0.25, -0.2) is 13.4 Å². The number of oxazole rings is 1. The Balaban J connectivity index is 1.64. The number of aromatic nitrogens is 2. The molecule has 162 valence electrons. The molecule has 0 saturated heterocycles. The van der Waals surface area contributed by atoms with Crippen LogP contribution in [0.1, 0.15) is 33.1 Å². The molecule has 0 saturated carbocycles. The van der Waals surface area contributed by atoms with Crippen molar-refractivity contribution in [3.8, 4) is 11.3 Å². The lowest BCUT2D eigenvalue weighted by atomic mass is 10.00. The van der Waals surface area contributed by atoms with Crippen molar-refractivity contribution < 1.29 is 17.6 Å². The van der Waals surface area contributed by atoms with Crippen LogP contribution >= 0.6 is 11.6 Å². The first kappa shape index (κ1) is 21.9. The molecule has 0 unspecified atom stereocenters. The van der Waals surface area contributed by atoms with Gasteiger partial charge in [0.1, 0.15) is 0 Å². The number of hydrogen-bond donors (Lipinski definition) is 0. The van der Waals surface area contributed by atoms with Crippen LogP contribution in [0.3, 0.4) is 0 Å². The van der Waals surface area contributed by atoms with E-state index in [4.69, 9.17) is 16.0 Å². The molecule has 2 aromatic heterocycles. The number of pyridine rings is 1. The summed E-state index contributed by atoms with van der Waals surface area (Å²) in [6.07, 6.45) is 3.06. The maximum absolute atomic E-state index is 13.1. The van der Waals surface area contributed by atoms with E-state index < -0.39 is 9.84 Å². The summed E-state index contributed by atoms with van der Waals surface area (Å²) in [6.45, 7) is 3.56. The van der Waals surface area contributed by atoms with Crippen LogP contribution in [0.4, 0.5) is 0 Å². The molecule has 32 heavy (non-hydrogen) atoms. The van der Waals surface area contributed by atoms with Gasteiger partial charge in [0.25, 0.3) is 0 Å². The van der Waals surface area contributed by atoms with E-state index in [-0.39, 0.29) is 22.0 Å². The van der Waals surface area contributed by atoms with Crippen molar-refractivity contribution in [3.63, 3.8) is 0 Å². The lowest BCUT2D eigenvalue weighted by molar-refractivity contribution is 0.103. The van der Waals surface area contributed by atoms with Gasteiger partial charge in [-0.15, -0.1) is 0 Å². The summed E-state index contributed by atoms with van der Waals surface area (Å²) in [4.78, 5) is 21.4. The summed E-state index contributed by atoms with van der Waals surface area (Å²) in [6, 6.07) is 14.4. The first-order valence-corrected chi connectivity index (χ1v) is 11.8. The molecule has 2 aromatic carbocycles. The zero-order chi connectivity index (χ0) is 22.9. The molecule has 4 rings (SSSR count). The summed E-state index contributed by atoms with van der Waals surface area (Å²) < 4.78 is 31.7. The van der Waals surface area contributed by atoms with Crippen LogP contribution in [-0.2, 0) is 15.6 Å². The van der Waals surface area contributed by atoms with Gasteiger partial charge in [-0.1, -0.05) is 17.7 Å². The fourth-order valence-corrected chi connectivity index (χ4v) is 4.80. The molecule has 0 bridgehead atoms. The molecule has 0 N–H and O–H groups in total. The standard InChI is InChI=1S/C24H19ClN2O4S/c1-15-3-4-18(12-26-15)24(28)22-11-20(25)8-5-19(22)14-32(29,30)21-9-6-17(7-10-21)23-13-27-16(2)31-23/h3-13H,14H2,1-2H3. The van der Waals surface area contributed by atoms with Crippen molar-refractivity contribution in [1.82, 2.24) is 9.97 Å². The largest absolute Gasteiger partial charge is 0.441 e. The molecule has 0 spiro atoms. The Hall–Kier alpha value is -3.29. The highest BCUT2D eigenvalue weighted by molar-refractivity contribution is 7.90. The van der Waals surface area contributed by atoms with E-state index in [0.717, 1.165) is 11.3 Å². The predicted octanol–water partition coefficient (Wildman–Crippen LogP) is 5.21. The average Bonchev–Trinajstić information content (AvgIpc) is 3.21. The van der Waals surface area contributed by atoms with E-state index in [1.165, 1.54) is 24.4 Å². The van der Waals surface area contributed by atoms with Gasteiger partial charge in [-0.3, -0.25) is 9.78 Å². The number of halogens is 1. The summed E-state index contributed by atoms with van der Waals surface area (Å²) in [7, 11) is -3.72. The van der Waals surface area contributed by atoms with Crippen LogP contribution in [0.15, 0.2) is 76.3 Å². The number of nitrogens with zero attached hydrogens (tertiary/aromatic N) is 2. The van der Waals surface area contributed by atoms with Crippen LogP contribution in [0.5, 0.6) is 0 Å². The van der Waals surface area contributed by atoms with Crippen LogP contribution in [0, 0.1) is 13.8 Å². The number of ketones is 1. The fraction of sp³-hybridized carbons (Fsp3) is 0.125. The Morgan fingerprint density at radius 1 is 0.969 bits per heavy atom. The lowest BCUT2D eigenvalue weighted by Gasteiger charge is -2.11. The molecule has 8 heteroatoms. The number of benzene rings is 2. The van der Waals surface area contributed by atoms with Crippen LogP contribution in [-0.4, -0.2) is 24.2 Å². The Labute approximate surface area is 190 Å². The minimum atomic E-state index is -3.72. The van der Waals surface area contributed by atoms with E-state index in [1.54, 1.807) is 49.5 Å². The molecule has 0 fully saturated rings. The van der Waals surface area contributed by atoms with Crippen molar-refractivity contribution >= 4 is 27.2 Å². The van der Waals surface area contributed by atoms with Crippen molar-refractivity contribution in [1.29, 1.82) is 0 Å². The van der Waals surface area contributed by atoms with Crippen molar-refractivity contribution in [2.24, 2.45) is 0 Å². The normalized spacial score (nSPS) is 11.5. The average molecular weight is 467 g/mol. The molecule has 0 amide bonds. The number of sulfone groups is 1. The molecule has 0 atom stereocenters. The smallest absolute Gasteiger partial charge is 0.194 e. The second kappa shape index (κ2) is 8.68. The number of aryl methyl sites for hydroxylation is 2. The van der Waals surface area contributed by atoms with Gasteiger partial charge in [-0.05, 0) is 61.0 Å². The summed E-state index contributed by atoms with van der Waals surface area (Å²) in [5.41, 5.74) is 2.47. The third-order valence-electron chi connectivity index (χ3n) is 4.95. The molecular formula is C24H19ClN2O4S. The maximum atomic E-state index is 13.1. The van der Waals surface area contributed by atoms with Gasteiger partial charge in [0.2, 0.25) is 0 Å². The first-order valence-electron chi connectivity index (χ1n) is 9.74. The zero-order valence-electron chi connectivity index (χ0n) is 17.4. The maximum Gasteiger partial charge on any atom is 0.194 e. The number of hydrogen-bond acceptors (Lipinski definition) is 6. The van der Waals surface area contributed by atoms with Crippen LogP contribution in [0.25, 0.3) is 11.3 Å². The monoisotopic (exact) mass is 466 g/mol. The Morgan fingerprint density at radius 2 is 1.72 bits per heavy atom. The zero-order valence-corrected chi connectivity index (χ0v) is 18.9. The third kappa shape index (κ3) is 4.64. The van der Waals surface area contributed by atoms with Crippen molar-refractivity contribution in [2.45, 2.75) is 24.5 Å². The minimum Gasteiger partial charge on any atom is -0.441 e. The molecule has 0 aliphatic rings. The molecule has 2 heterocycles. The fourth-order valence-electron chi connectivity index (χ4n) is 3.25. The molecular weight excluding hydrogens is 448 g/mol. The Kier molecular flexibility index (Phi) is 5.95. The number of carbonyl (C=O) groups is 1. The summed E-state index contributed by atoms with van der Waals surface area (Å²) in [5.74, 6) is 0.413. The molecule has 4 aromatic rings. The topological polar surface area (TPSA) is 90.1 Å². The second-order valence-electron chi connectivity index (χ2n) is 7.35. The SMILES string of the molecule is Cc1ccc(C(=O)c2cc(Cl)ccc2CS(=O)(=O)c2ccc(-c3cnc(C)o3)cc2)cn1. The highest BCUT2D eigenvalue weighted by Crippen LogP contribution is 2.26. The third-order valence-corrected chi connectivity index (χ3v) is 6.87. The predicted molar refractivity (Wildman–Crippen MR) is 121 cm³/mol. The van der Waals surface area contributed by atoms with E-state index in [2.05, 4.69) is 9.97 Å². The van der Waals surface area contributed by atoms with E-state index >= 15 is 0 Å². The van der Waals surface area contributed by atoms with Gasteiger partial charge in [-0.2, -0.15) is 0 Å².